The van der Waals surface area contributed by atoms with Gasteiger partial charge >= 0.3 is 16.4 Å². The van der Waals surface area contributed by atoms with Crippen LogP contribution in [0.15, 0.2) is 0 Å². The van der Waals surface area contributed by atoms with E-state index < -0.39 is 23.0 Å². The molecule has 0 atom stereocenters. The summed E-state index contributed by atoms with van der Waals surface area (Å²) in [6, 6.07) is 0. The monoisotopic (exact) mass is 286 g/mol. The van der Waals surface area contributed by atoms with E-state index >= 15 is 0 Å². The van der Waals surface area contributed by atoms with Crippen molar-refractivity contribution in [2.24, 2.45) is 0 Å². The summed E-state index contributed by atoms with van der Waals surface area (Å²) in [5.74, 6) is -0.632. The van der Waals surface area contributed by atoms with Gasteiger partial charge in [-0.1, -0.05) is 0 Å². The molecule has 1 N–H and O–H groups in total. The van der Waals surface area contributed by atoms with Crippen LogP contribution in [0.1, 0.15) is 13.3 Å². The van der Waals surface area contributed by atoms with E-state index in [4.69, 9.17) is 18.8 Å². The molecule has 0 fully saturated rings. The molecule has 0 radical (unpaired) electrons. The molecule has 18 heavy (non-hydrogen) atoms. The first kappa shape index (κ1) is 17.3. The first-order valence-electron chi connectivity index (χ1n) is 5.38. The van der Waals surface area contributed by atoms with Crippen molar-refractivity contribution in [2.45, 2.75) is 13.3 Å². The lowest BCUT2D eigenvalue weighted by molar-refractivity contribution is -0.145. The van der Waals surface area contributed by atoms with Gasteiger partial charge in [0.1, 0.15) is 6.61 Å². The lowest BCUT2D eigenvalue weighted by Gasteiger charge is -2.06. The lowest BCUT2D eigenvalue weighted by atomic mass is 10.5. The zero-order valence-corrected chi connectivity index (χ0v) is 11.0. The summed E-state index contributed by atoms with van der Waals surface area (Å²) >= 11 is 0. The van der Waals surface area contributed by atoms with Gasteiger partial charge in [0.2, 0.25) is 0 Å². The minimum absolute atomic E-state index is 0.0663. The van der Waals surface area contributed by atoms with Gasteiger partial charge in [0, 0.05) is 6.61 Å². The average molecular weight is 286 g/mol. The highest BCUT2D eigenvalue weighted by Crippen LogP contribution is 1.92. The Morgan fingerprint density at radius 3 is 2.28 bits per heavy atom. The second-order valence-corrected chi connectivity index (χ2v) is 4.12. The smallest absolute Gasteiger partial charge is 0.397 e. The summed E-state index contributed by atoms with van der Waals surface area (Å²) in [5.41, 5.74) is 0. The topological polar surface area (TPSA) is 108 Å². The number of hydrogen-bond acceptors (Lipinski definition) is 7. The molecule has 0 saturated heterocycles. The van der Waals surface area contributed by atoms with Crippen molar-refractivity contribution < 1.29 is 36.2 Å². The molecule has 108 valence electrons. The first-order valence-corrected chi connectivity index (χ1v) is 6.75. The van der Waals surface area contributed by atoms with E-state index in [-0.39, 0.29) is 19.6 Å². The Morgan fingerprint density at radius 2 is 1.67 bits per heavy atom. The van der Waals surface area contributed by atoms with Crippen LogP contribution >= 0.6 is 0 Å². The quantitative estimate of drug-likeness (QED) is 0.316. The Morgan fingerprint density at radius 1 is 1.06 bits per heavy atom. The highest BCUT2D eigenvalue weighted by molar-refractivity contribution is 7.80. The fourth-order valence-electron chi connectivity index (χ4n) is 0.881. The molecular weight excluding hydrogens is 268 g/mol. The van der Waals surface area contributed by atoms with Crippen molar-refractivity contribution in [3.05, 3.63) is 0 Å². The number of carbonyl (C=O) groups is 1. The molecule has 0 spiro atoms. The summed E-state index contributed by atoms with van der Waals surface area (Å²) in [7, 11) is -4.50. The molecule has 0 aromatic heterocycles. The molecule has 0 aromatic carbocycles. The first-order chi connectivity index (χ1) is 8.45. The average Bonchev–Trinajstić information content (AvgIpc) is 2.26. The van der Waals surface area contributed by atoms with E-state index in [1.165, 1.54) is 0 Å². The highest BCUT2D eigenvalue weighted by atomic mass is 32.3. The summed E-state index contributed by atoms with van der Waals surface area (Å²) in [6.07, 6.45) is -0.265. The largest absolute Gasteiger partial charge is 0.463 e. The summed E-state index contributed by atoms with van der Waals surface area (Å²) in [5, 5.41) is 0. The van der Waals surface area contributed by atoms with Crippen LogP contribution in [0.4, 0.5) is 0 Å². The molecule has 0 aliphatic carbocycles. The Balaban J connectivity index is 3.32. The third kappa shape index (κ3) is 13.3. The molecule has 0 saturated carbocycles. The zero-order valence-electron chi connectivity index (χ0n) is 10.2. The Labute approximate surface area is 106 Å². The van der Waals surface area contributed by atoms with Crippen LogP contribution in [0.3, 0.4) is 0 Å². The normalized spacial score (nSPS) is 11.4. The number of esters is 1. The predicted molar refractivity (Wildman–Crippen MR) is 60.4 cm³/mol. The van der Waals surface area contributed by atoms with E-state index in [0.717, 1.165) is 0 Å². The summed E-state index contributed by atoms with van der Waals surface area (Å²) in [6.45, 7) is 3.23. The van der Waals surface area contributed by atoms with Crippen molar-refractivity contribution >= 4 is 16.4 Å². The van der Waals surface area contributed by atoms with Gasteiger partial charge in [0.15, 0.2) is 0 Å². The fourth-order valence-corrected chi connectivity index (χ4v) is 1.18. The Hall–Kier alpha value is -0.740. The molecular formula is C9H18O8S. The maximum atomic E-state index is 11.0. The van der Waals surface area contributed by atoms with Gasteiger partial charge in [-0.2, -0.15) is 8.42 Å². The summed E-state index contributed by atoms with van der Waals surface area (Å²) in [4.78, 5) is 11.0. The van der Waals surface area contributed by atoms with E-state index in [1.807, 2.05) is 6.92 Å². The molecule has 0 bridgehead atoms. The minimum Gasteiger partial charge on any atom is -0.463 e. The van der Waals surface area contributed by atoms with Crippen LogP contribution in [0, 0.1) is 0 Å². The van der Waals surface area contributed by atoms with Gasteiger partial charge in [-0.05, 0) is 6.92 Å². The van der Waals surface area contributed by atoms with Gasteiger partial charge in [-0.15, -0.1) is 0 Å². The van der Waals surface area contributed by atoms with Crippen molar-refractivity contribution in [2.75, 3.05) is 39.6 Å². The molecule has 0 unspecified atom stereocenters. The number of carbonyl (C=O) groups excluding carboxylic acids is 1. The van der Waals surface area contributed by atoms with E-state index in [0.29, 0.717) is 19.8 Å². The van der Waals surface area contributed by atoms with Crippen LogP contribution < -0.4 is 0 Å². The van der Waals surface area contributed by atoms with E-state index in [1.54, 1.807) is 0 Å². The number of ether oxygens (including phenoxy) is 3. The Kier molecular flexibility index (Phi) is 9.79. The van der Waals surface area contributed by atoms with Crippen molar-refractivity contribution in [1.29, 1.82) is 0 Å². The van der Waals surface area contributed by atoms with Crippen LogP contribution in [0.25, 0.3) is 0 Å². The molecule has 0 aliphatic rings. The number of hydrogen-bond donors (Lipinski definition) is 1. The zero-order chi connectivity index (χ0) is 13.9. The second kappa shape index (κ2) is 10.2. The molecule has 8 nitrogen and oxygen atoms in total. The van der Waals surface area contributed by atoms with Gasteiger partial charge < -0.3 is 14.2 Å². The molecule has 0 aliphatic heterocycles. The third-order valence-electron chi connectivity index (χ3n) is 1.61. The van der Waals surface area contributed by atoms with Crippen molar-refractivity contribution in [3.8, 4) is 0 Å². The van der Waals surface area contributed by atoms with E-state index in [9.17, 15) is 13.2 Å². The SMILES string of the molecule is CCOCCOCCOC(=O)CCOS(=O)(=O)O. The summed E-state index contributed by atoms with van der Waals surface area (Å²) < 4.78 is 47.3. The van der Waals surface area contributed by atoms with Crippen LogP contribution in [0.2, 0.25) is 0 Å². The van der Waals surface area contributed by atoms with Crippen molar-refractivity contribution in [1.82, 2.24) is 0 Å². The van der Waals surface area contributed by atoms with Gasteiger partial charge in [0.05, 0.1) is 32.8 Å². The van der Waals surface area contributed by atoms with Crippen molar-refractivity contribution in [3.63, 3.8) is 0 Å². The third-order valence-corrected chi connectivity index (χ3v) is 2.07. The highest BCUT2D eigenvalue weighted by Gasteiger charge is 2.08. The lowest BCUT2D eigenvalue weighted by Crippen LogP contribution is -2.15. The molecule has 0 amide bonds. The maximum Gasteiger partial charge on any atom is 0.397 e. The minimum atomic E-state index is -4.50. The van der Waals surface area contributed by atoms with Crippen LogP contribution in [-0.2, 0) is 33.6 Å². The van der Waals surface area contributed by atoms with E-state index in [2.05, 4.69) is 4.18 Å². The molecule has 0 heterocycles. The van der Waals surface area contributed by atoms with Gasteiger partial charge in [0.25, 0.3) is 0 Å². The van der Waals surface area contributed by atoms with Crippen LogP contribution in [0.5, 0.6) is 0 Å². The second-order valence-electron chi connectivity index (χ2n) is 3.03. The molecule has 0 aromatic rings. The molecule has 0 rings (SSSR count). The molecule has 9 heteroatoms. The number of rotatable bonds is 11. The van der Waals surface area contributed by atoms with Gasteiger partial charge in [-0.25, -0.2) is 4.18 Å². The van der Waals surface area contributed by atoms with Gasteiger partial charge in [-0.3, -0.25) is 9.35 Å². The Bertz CT molecular complexity index is 313. The maximum absolute atomic E-state index is 11.0. The standard InChI is InChI=1S/C9H18O8S/c1-2-14-5-6-15-7-8-16-9(10)3-4-17-18(11,12)13/h2-8H2,1H3,(H,11,12,13). The van der Waals surface area contributed by atoms with Crippen LogP contribution in [-0.4, -0.2) is 58.6 Å². The fraction of sp³-hybridized carbons (Fsp3) is 0.889. The predicted octanol–water partition coefficient (Wildman–Crippen LogP) is -0.208.